The summed E-state index contributed by atoms with van der Waals surface area (Å²) in [7, 11) is 0. The highest BCUT2D eigenvalue weighted by Gasteiger charge is 2.68. The molecule has 5 fully saturated rings. The number of hydrogen-bond donors (Lipinski definition) is 0. The van der Waals surface area contributed by atoms with Gasteiger partial charge in [-0.1, -0.05) is 6.42 Å². The fourth-order valence-electron chi connectivity index (χ4n) is 6.17. The number of ketones is 1. The summed E-state index contributed by atoms with van der Waals surface area (Å²) in [6.45, 7) is 1.27. The van der Waals surface area contributed by atoms with E-state index in [9.17, 15) is 4.79 Å². The lowest BCUT2D eigenvalue weighted by Gasteiger charge is -2.40. The molecule has 3 saturated heterocycles. The molecule has 3 heterocycles. The summed E-state index contributed by atoms with van der Waals surface area (Å²) in [6, 6.07) is 0. The molecule has 0 N–H and O–H groups in total. The highest BCUT2D eigenvalue weighted by atomic mass is 16.7. The van der Waals surface area contributed by atoms with Gasteiger partial charge in [0.1, 0.15) is 11.4 Å². The van der Waals surface area contributed by atoms with Gasteiger partial charge in [-0.15, -0.1) is 0 Å². The SMILES string of the molecule is O=C1CCC2CC3CCC[C@]34CC[C@@](C3OCCO3)(O4)C12. The maximum absolute atomic E-state index is 12.6. The molecule has 0 aromatic heterocycles. The van der Waals surface area contributed by atoms with Crippen LogP contribution in [0.3, 0.4) is 0 Å². The summed E-state index contributed by atoms with van der Waals surface area (Å²) in [6.07, 6.45) is 8.41. The van der Waals surface area contributed by atoms with Crippen molar-refractivity contribution in [3.05, 3.63) is 0 Å². The lowest BCUT2D eigenvalue weighted by atomic mass is 9.70. The van der Waals surface area contributed by atoms with Crippen LogP contribution in [0.5, 0.6) is 0 Å². The molecule has 5 rings (SSSR count). The van der Waals surface area contributed by atoms with E-state index in [0.29, 0.717) is 30.8 Å². The van der Waals surface area contributed by atoms with Gasteiger partial charge >= 0.3 is 0 Å². The van der Waals surface area contributed by atoms with Gasteiger partial charge in [-0.25, -0.2) is 0 Å². The fourth-order valence-corrected chi connectivity index (χ4v) is 6.17. The highest BCUT2D eigenvalue weighted by molar-refractivity contribution is 5.85. The molecule has 2 bridgehead atoms. The lowest BCUT2D eigenvalue weighted by molar-refractivity contribution is -0.239. The van der Waals surface area contributed by atoms with Crippen LogP contribution in [0.25, 0.3) is 0 Å². The van der Waals surface area contributed by atoms with Crippen LogP contribution in [0.1, 0.15) is 51.4 Å². The largest absolute Gasteiger partial charge is 0.362 e. The van der Waals surface area contributed by atoms with Crippen molar-refractivity contribution in [1.82, 2.24) is 0 Å². The van der Waals surface area contributed by atoms with Gasteiger partial charge < -0.3 is 14.2 Å². The van der Waals surface area contributed by atoms with E-state index < -0.39 is 5.60 Å². The standard InChI is InChI=1S/C17H24O4/c18-13-4-3-11-10-12-2-1-5-16(12)6-7-17(21-16,14(11)13)15-19-8-9-20-15/h11-12,14-15H,1-10H2/t11?,12?,14?,16-,17+/m0/s1. The van der Waals surface area contributed by atoms with Crippen molar-refractivity contribution in [2.24, 2.45) is 17.8 Å². The van der Waals surface area contributed by atoms with Gasteiger partial charge in [0.2, 0.25) is 0 Å². The molecule has 2 aliphatic carbocycles. The van der Waals surface area contributed by atoms with Crippen molar-refractivity contribution in [2.75, 3.05) is 13.2 Å². The molecule has 4 nitrogen and oxygen atoms in total. The maximum Gasteiger partial charge on any atom is 0.187 e. The number of fused-ring (bicyclic) bond motifs is 3. The second-order valence-electron chi connectivity index (χ2n) is 7.76. The first-order valence-corrected chi connectivity index (χ1v) is 8.70. The monoisotopic (exact) mass is 292 g/mol. The molecular formula is C17H24O4. The fraction of sp³-hybridized carbons (Fsp3) is 0.941. The summed E-state index contributed by atoms with van der Waals surface area (Å²) < 4.78 is 18.6. The zero-order valence-electron chi connectivity index (χ0n) is 12.5. The molecule has 0 amide bonds. The lowest BCUT2D eigenvalue weighted by Crippen LogP contribution is -2.53. The smallest absolute Gasteiger partial charge is 0.187 e. The summed E-state index contributed by atoms with van der Waals surface area (Å²) in [4.78, 5) is 12.6. The number of Topliss-reactive ketones (excluding diaryl/α,β-unsaturated/α-hetero) is 1. The second kappa shape index (κ2) is 4.30. The van der Waals surface area contributed by atoms with Crippen molar-refractivity contribution in [2.45, 2.75) is 68.9 Å². The summed E-state index contributed by atoms with van der Waals surface area (Å²) in [5.74, 6) is 1.57. The second-order valence-corrected chi connectivity index (χ2v) is 7.76. The van der Waals surface area contributed by atoms with Gasteiger partial charge in [0.25, 0.3) is 0 Å². The van der Waals surface area contributed by atoms with E-state index in [1.54, 1.807) is 0 Å². The van der Waals surface area contributed by atoms with Gasteiger partial charge in [-0.05, 0) is 50.4 Å². The molecule has 0 aromatic rings. The minimum atomic E-state index is -0.478. The molecule has 4 heteroatoms. The molecule has 2 saturated carbocycles. The van der Waals surface area contributed by atoms with Crippen molar-refractivity contribution < 1.29 is 19.0 Å². The van der Waals surface area contributed by atoms with E-state index in [1.807, 2.05) is 0 Å². The molecule has 21 heavy (non-hydrogen) atoms. The third-order valence-electron chi connectivity index (χ3n) is 6.94. The Morgan fingerprint density at radius 3 is 2.76 bits per heavy atom. The van der Waals surface area contributed by atoms with Crippen LogP contribution in [0.4, 0.5) is 0 Å². The molecule has 5 aliphatic rings. The Kier molecular flexibility index (Phi) is 2.67. The Morgan fingerprint density at radius 2 is 1.90 bits per heavy atom. The van der Waals surface area contributed by atoms with Crippen molar-refractivity contribution in [3.63, 3.8) is 0 Å². The molecule has 5 atom stereocenters. The van der Waals surface area contributed by atoms with Gasteiger partial charge in [0.15, 0.2) is 6.29 Å². The third kappa shape index (κ3) is 1.59. The van der Waals surface area contributed by atoms with Crippen LogP contribution >= 0.6 is 0 Å². The first kappa shape index (κ1) is 13.0. The Morgan fingerprint density at radius 1 is 1.05 bits per heavy atom. The molecular weight excluding hydrogens is 268 g/mol. The molecule has 1 spiro atoms. The number of hydrogen-bond acceptors (Lipinski definition) is 4. The van der Waals surface area contributed by atoms with E-state index in [-0.39, 0.29) is 17.8 Å². The zero-order chi connectivity index (χ0) is 14.1. The number of carbonyl (C=O) groups is 1. The minimum Gasteiger partial charge on any atom is -0.362 e. The Balaban J connectivity index is 1.61. The molecule has 0 radical (unpaired) electrons. The quantitative estimate of drug-likeness (QED) is 0.744. The van der Waals surface area contributed by atoms with E-state index in [2.05, 4.69) is 0 Å². The average Bonchev–Trinajstić information content (AvgIpc) is 3.20. The van der Waals surface area contributed by atoms with E-state index in [4.69, 9.17) is 14.2 Å². The zero-order valence-corrected chi connectivity index (χ0v) is 12.5. The molecule has 3 unspecified atom stereocenters. The van der Waals surface area contributed by atoms with E-state index in [0.717, 1.165) is 25.7 Å². The van der Waals surface area contributed by atoms with E-state index in [1.165, 1.54) is 25.7 Å². The van der Waals surface area contributed by atoms with Crippen LogP contribution in [-0.4, -0.2) is 36.5 Å². The summed E-state index contributed by atoms with van der Waals surface area (Å²) >= 11 is 0. The van der Waals surface area contributed by atoms with Crippen LogP contribution < -0.4 is 0 Å². The maximum atomic E-state index is 12.6. The third-order valence-corrected chi connectivity index (χ3v) is 6.94. The van der Waals surface area contributed by atoms with Gasteiger partial charge in [-0.2, -0.15) is 0 Å². The molecule has 3 aliphatic heterocycles. The summed E-state index contributed by atoms with van der Waals surface area (Å²) in [5, 5.41) is 0. The van der Waals surface area contributed by atoms with Crippen LogP contribution in [0.15, 0.2) is 0 Å². The van der Waals surface area contributed by atoms with Crippen LogP contribution in [0, 0.1) is 17.8 Å². The predicted molar refractivity (Wildman–Crippen MR) is 74.7 cm³/mol. The van der Waals surface area contributed by atoms with Crippen LogP contribution in [0.2, 0.25) is 0 Å². The first-order valence-electron chi connectivity index (χ1n) is 8.70. The minimum absolute atomic E-state index is 0.0191. The predicted octanol–water partition coefficient (Wildman–Crippen LogP) is 2.45. The van der Waals surface area contributed by atoms with Crippen molar-refractivity contribution >= 4 is 5.78 Å². The normalized spacial score (nSPS) is 53.0. The topological polar surface area (TPSA) is 44.8 Å². The van der Waals surface area contributed by atoms with Gasteiger partial charge in [-0.3, -0.25) is 4.79 Å². The van der Waals surface area contributed by atoms with Crippen molar-refractivity contribution in [3.8, 4) is 0 Å². The van der Waals surface area contributed by atoms with Gasteiger partial charge in [0, 0.05) is 6.42 Å². The number of ether oxygens (including phenoxy) is 3. The van der Waals surface area contributed by atoms with Crippen molar-refractivity contribution in [1.29, 1.82) is 0 Å². The first-order chi connectivity index (χ1) is 10.2. The Bertz CT molecular complexity index is 471. The Labute approximate surface area is 125 Å². The molecule has 0 aromatic carbocycles. The number of rotatable bonds is 1. The Hall–Kier alpha value is -0.450. The van der Waals surface area contributed by atoms with Gasteiger partial charge in [0.05, 0.1) is 24.7 Å². The average molecular weight is 292 g/mol. The highest BCUT2D eigenvalue weighted by Crippen LogP contribution is 2.62. The number of carbonyl (C=O) groups excluding carboxylic acids is 1. The van der Waals surface area contributed by atoms with E-state index >= 15 is 0 Å². The summed E-state index contributed by atoms with van der Waals surface area (Å²) in [5.41, 5.74) is -0.451. The van der Waals surface area contributed by atoms with Crippen LogP contribution in [-0.2, 0) is 19.0 Å². The molecule has 116 valence electrons.